The molecule has 7 rings (SSSR count). The Morgan fingerprint density at radius 1 is 0.786 bits per heavy atom. The molecule has 0 bridgehead atoms. The molecule has 0 amide bonds. The minimum absolute atomic E-state index is 0.323. The van der Waals surface area contributed by atoms with Crippen LogP contribution in [0.1, 0.15) is 66.4 Å². The number of para-hydroxylation sites is 3. The second kappa shape index (κ2) is 14.1. The van der Waals surface area contributed by atoms with Crippen molar-refractivity contribution in [1.82, 2.24) is 0 Å². The molecule has 0 spiro atoms. The van der Waals surface area contributed by atoms with E-state index < -0.39 is 0 Å². The largest absolute Gasteiger partial charge is 0.497 e. The number of hydrogen-bond acceptors (Lipinski definition) is 5. The van der Waals surface area contributed by atoms with E-state index in [4.69, 9.17) is 11.2 Å². The van der Waals surface area contributed by atoms with Crippen LogP contribution in [0.3, 0.4) is 0 Å². The van der Waals surface area contributed by atoms with E-state index in [0.29, 0.717) is 11.8 Å². The van der Waals surface area contributed by atoms with E-state index in [-0.39, 0.29) is 0 Å². The maximum Gasteiger partial charge on any atom is 0.167 e. The second-order valence-electron chi connectivity index (χ2n) is 11.3. The summed E-state index contributed by atoms with van der Waals surface area (Å²) in [6.45, 7) is 9.64. The number of ketones is 1. The van der Waals surface area contributed by atoms with Crippen molar-refractivity contribution in [1.29, 1.82) is 0 Å². The average Bonchev–Trinajstić information content (AvgIpc) is 3.85. The first-order valence-corrected chi connectivity index (χ1v) is 15.4. The molecule has 0 aliphatic carbocycles. The van der Waals surface area contributed by atoms with Crippen molar-refractivity contribution in [3.8, 4) is 12.3 Å². The van der Waals surface area contributed by atoms with Gasteiger partial charge in [-0.1, -0.05) is 48.9 Å². The first kappa shape index (κ1) is 29.3. The maximum atomic E-state index is 11.8. The molecule has 4 aliphatic heterocycles. The molecule has 5 nitrogen and oxygen atoms in total. The fourth-order valence-electron chi connectivity index (χ4n) is 6.53. The fraction of sp³-hybridized carbons (Fsp3) is 0.378. The number of benzene rings is 3. The van der Waals surface area contributed by atoms with E-state index in [0.717, 1.165) is 67.3 Å². The van der Waals surface area contributed by atoms with Gasteiger partial charge in [0, 0.05) is 73.3 Å². The van der Waals surface area contributed by atoms with E-state index in [9.17, 15) is 4.79 Å². The fourth-order valence-corrected chi connectivity index (χ4v) is 6.53. The quantitative estimate of drug-likeness (QED) is 0.245. The molecule has 1 atom stereocenters. The summed E-state index contributed by atoms with van der Waals surface area (Å²) in [6, 6.07) is 25.0. The number of methoxy groups -OCH3 is 1. The Hall–Kier alpha value is -4.17. The lowest BCUT2D eigenvalue weighted by Gasteiger charge is -2.32. The number of terminal acetylenes is 1. The van der Waals surface area contributed by atoms with Crippen LogP contribution in [0.4, 0.5) is 17.1 Å². The minimum atomic E-state index is 0.323. The van der Waals surface area contributed by atoms with E-state index in [1.165, 1.54) is 49.9 Å². The first-order valence-electron chi connectivity index (χ1n) is 15.4. The highest BCUT2D eigenvalue weighted by molar-refractivity contribution is 6.03. The summed E-state index contributed by atoms with van der Waals surface area (Å²) in [6.07, 6.45) is 13.7. The lowest BCUT2D eigenvalue weighted by molar-refractivity contribution is 0.0968. The van der Waals surface area contributed by atoms with Gasteiger partial charge in [0.2, 0.25) is 0 Å². The number of anilines is 3. The molecule has 4 heterocycles. The lowest BCUT2D eigenvalue weighted by Crippen LogP contribution is -2.36. The second-order valence-corrected chi connectivity index (χ2v) is 11.3. The van der Waals surface area contributed by atoms with Gasteiger partial charge in [-0.3, -0.25) is 4.79 Å². The Bertz CT molecular complexity index is 1410. The number of nitrogens with zero attached hydrogens (tertiary/aromatic N) is 3. The topological polar surface area (TPSA) is 36.0 Å². The van der Waals surface area contributed by atoms with Gasteiger partial charge in [0.1, 0.15) is 5.76 Å². The van der Waals surface area contributed by atoms with Gasteiger partial charge in [-0.2, -0.15) is 0 Å². The van der Waals surface area contributed by atoms with E-state index in [1.54, 1.807) is 7.11 Å². The number of hydrogen-bond donors (Lipinski definition) is 0. The predicted octanol–water partition coefficient (Wildman–Crippen LogP) is 7.41. The Morgan fingerprint density at radius 2 is 1.36 bits per heavy atom. The van der Waals surface area contributed by atoms with Gasteiger partial charge in [-0.05, 0) is 74.9 Å². The summed E-state index contributed by atoms with van der Waals surface area (Å²) in [4.78, 5) is 19.0. The first-order chi connectivity index (χ1) is 20.6. The molecule has 218 valence electrons. The molecule has 1 unspecified atom stereocenters. The molecule has 3 fully saturated rings. The Morgan fingerprint density at radius 3 is 2.02 bits per heavy atom. The Labute approximate surface area is 251 Å². The molecular formula is C37H43N3O2. The van der Waals surface area contributed by atoms with Crippen molar-refractivity contribution in [3.05, 3.63) is 96.1 Å². The smallest absolute Gasteiger partial charge is 0.167 e. The molecule has 0 saturated carbocycles. The van der Waals surface area contributed by atoms with Crippen molar-refractivity contribution in [2.75, 3.05) is 54.5 Å². The lowest BCUT2D eigenvalue weighted by atomic mass is 9.95. The number of carbonyl (C=O) groups excluding carboxylic acids is 1. The third-order valence-corrected chi connectivity index (χ3v) is 8.72. The SMILES string of the molecule is C#Cc1ccccc1N1CCCC1.C=C(OC)c1ccccc1N1CCCC1.O=C1CC2CCCN2c2ccccc21. The van der Waals surface area contributed by atoms with Gasteiger partial charge in [0.25, 0.3) is 0 Å². The molecule has 3 saturated heterocycles. The van der Waals surface area contributed by atoms with Crippen LogP contribution in [-0.2, 0) is 4.74 Å². The molecule has 0 N–H and O–H groups in total. The predicted molar refractivity (Wildman–Crippen MR) is 176 cm³/mol. The van der Waals surface area contributed by atoms with Crippen LogP contribution >= 0.6 is 0 Å². The summed E-state index contributed by atoms with van der Waals surface area (Å²) in [5.74, 6) is 3.80. The molecule has 0 aromatic heterocycles. The number of ether oxygens (including phenoxy) is 1. The molecule has 5 heteroatoms. The number of fused-ring (bicyclic) bond motifs is 3. The highest BCUT2D eigenvalue weighted by atomic mass is 16.5. The van der Waals surface area contributed by atoms with Crippen LogP contribution < -0.4 is 14.7 Å². The summed E-state index contributed by atoms with van der Waals surface area (Å²) >= 11 is 0. The zero-order valence-corrected chi connectivity index (χ0v) is 24.9. The summed E-state index contributed by atoms with van der Waals surface area (Å²) in [5.41, 5.74) is 6.69. The molecule has 4 aliphatic rings. The Kier molecular flexibility index (Phi) is 9.87. The van der Waals surface area contributed by atoms with Gasteiger partial charge in [-0.15, -0.1) is 6.42 Å². The number of Topliss-reactive ketones (excluding diaryl/α,β-unsaturated/α-hetero) is 1. The van der Waals surface area contributed by atoms with E-state index in [1.807, 2.05) is 36.4 Å². The summed E-state index contributed by atoms with van der Waals surface area (Å²) in [7, 11) is 1.67. The van der Waals surface area contributed by atoms with Crippen LogP contribution in [0.15, 0.2) is 79.4 Å². The number of rotatable bonds is 4. The van der Waals surface area contributed by atoms with Crippen molar-refractivity contribution in [3.63, 3.8) is 0 Å². The zero-order valence-electron chi connectivity index (χ0n) is 24.9. The van der Waals surface area contributed by atoms with Gasteiger partial charge < -0.3 is 19.4 Å². The molecule has 3 aromatic carbocycles. The van der Waals surface area contributed by atoms with Gasteiger partial charge in [0.05, 0.1) is 12.8 Å². The normalized spacial score (nSPS) is 18.6. The van der Waals surface area contributed by atoms with E-state index >= 15 is 0 Å². The maximum absolute atomic E-state index is 11.8. The van der Waals surface area contributed by atoms with E-state index in [2.05, 4.69) is 63.6 Å². The molecular weight excluding hydrogens is 518 g/mol. The van der Waals surface area contributed by atoms with Crippen molar-refractivity contribution >= 4 is 28.6 Å². The average molecular weight is 562 g/mol. The molecule has 42 heavy (non-hydrogen) atoms. The third-order valence-electron chi connectivity index (χ3n) is 8.72. The molecule has 0 radical (unpaired) electrons. The summed E-state index contributed by atoms with van der Waals surface area (Å²) in [5, 5.41) is 0. The van der Waals surface area contributed by atoms with Gasteiger partial charge in [-0.25, -0.2) is 0 Å². The monoisotopic (exact) mass is 561 g/mol. The van der Waals surface area contributed by atoms with Gasteiger partial charge >= 0.3 is 0 Å². The van der Waals surface area contributed by atoms with Crippen LogP contribution in [0.5, 0.6) is 0 Å². The van der Waals surface area contributed by atoms with Crippen molar-refractivity contribution in [2.24, 2.45) is 0 Å². The van der Waals surface area contributed by atoms with Crippen molar-refractivity contribution in [2.45, 2.75) is 51.0 Å². The standard InChI is InChI=1S/C13H17NO.C12H13NO.C12H13N/c1-11(15-2)12-7-3-4-8-13(12)14-9-5-6-10-14;14-12-8-9-4-3-7-13(9)11-6-2-1-5-10(11)12;1-2-11-7-3-4-8-12(11)13-9-5-6-10-13/h3-4,7-8H,1,5-6,9-10H2,2H3;1-2,5-6,9H,3-4,7-8H2;1,3-4,7-8H,5-6,9-10H2. The van der Waals surface area contributed by atoms with Crippen molar-refractivity contribution < 1.29 is 9.53 Å². The zero-order chi connectivity index (χ0) is 29.3. The van der Waals surface area contributed by atoms with Crippen LogP contribution in [-0.4, -0.2) is 51.7 Å². The highest BCUT2D eigenvalue weighted by Crippen LogP contribution is 2.35. The van der Waals surface area contributed by atoms with Gasteiger partial charge in [0.15, 0.2) is 5.78 Å². The third kappa shape index (κ3) is 6.65. The minimum Gasteiger partial charge on any atom is -0.497 e. The summed E-state index contributed by atoms with van der Waals surface area (Å²) < 4.78 is 5.22. The van der Waals surface area contributed by atoms with Crippen LogP contribution in [0, 0.1) is 12.3 Å². The van der Waals surface area contributed by atoms with Crippen LogP contribution in [0.25, 0.3) is 5.76 Å². The van der Waals surface area contributed by atoms with Crippen LogP contribution in [0.2, 0.25) is 0 Å². The Balaban J connectivity index is 0.000000126. The molecule has 3 aromatic rings. The number of carbonyl (C=O) groups is 1. The highest BCUT2D eigenvalue weighted by Gasteiger charge is 2.33.